The van der Waals surface area contributed by atoms with Crippen molar-refractivity contribution in [2.45, 2.75) is 76.0 Å². The number of rotatable bonds is 4. The predicted molar refractivity (Wildman–Crippen MR) is 178 cm³/mol. The van der Waals surface area contributed by atoms with Gasteiger partial charge in [-0.3, -0.25) is 9.47 Å². The van der Waals surface area contributed by atoms with E-state index in [4.69, 9.17) is 21.1 Å². The minimum absolute atomic E-state index is 0.00268. The maximum Gasteiger partial charge on any atom is 0.417 e. The lowest BCUT2D eigenvalue weighted by Gasteiger charge is -2.45. The lowest BCUT2D eigenvalue weighted by molar-refractivity contribution is -0.137. The largest absolute Gasteiger partial charge is 0.457 e. The molecule has 0 spiro atoms. The minimum Gasteiger partial charge on any atom is -0.457 e. The third kappa shape index (κ3) is 6.91. The highest BCUT2D eigenvalue weighted by atomic mass is 35.5. The molecule has 1 amide bonds. The number of carbonyl (C=O) groups excluding carboxylic acids is 1. The van der Waals surface area contributed by atoms with Crippen molar-refractivity contribution >= 4 is 46.2 Å². The molecule has 266 valence electrons. The lowest BCUT2D eigenvalue weighted by atomic mass is 9.95. The number of benzene rings is 2. The number of thioether (sulfide) groups is 1. The molecule has 6 rings (SSSR count). The SMILES string of the molecule is C[C@@H]1CN(c2nc(=O)n3c4c(c(-c5cc(Cl)c(F)cc5F)c(C(F)(F)F)cc24)SC[C@@H](Oc2ncccn2)C3)C[C@H](C)N1C(=O)OC(C)(C)C. The first-order valence-electron chi connectivity index (χ1n) is 15.6. The molecule has 0 bridgehead atoms. The van der Waals surface area contributed by atoms with Crippen molar-refractivity contribution in [1.82, 2.24) is 24.4 Å². The Balaban J connectivity index is 1.57. The quantitative estimate of drug-likeness (QED) is 0.159. The van der Waals surface area contributed by atoms with Gasteiger partial charge < -0.3 is 14.4 Å². The third-order valence-electron chi connectivity index (χ3n) is 8.22. The van der Waals surface area contributed by atoms with Crippen LogP contribution in [0.25, 0.3) is 22.0 Å². The van der Waals surface area contributed by atoms with E-state index in [0.29, 0.717) is 6.07 Å². The first kappa shape index (κ1) is 35.6. The summed E-state index contributed by atoms with van der Waals surface area (Å²) in [5.41, 5.74) is -3.93. The average Bonchev–Trinajstić information content (AvgIpc) is 3.20. The summed E-state index contributed by atoms with van der Waals surface area (Å²) in [5, 5.41) is -0.611. The predicted octanol–water partition coefficient (Wildman–Crippen LogP) is 7.19. The van der Waals surface area contributed by atoms with Crippen LogP contribution in [-0.2, 0) is 17.5 Å². The number of amides is 1. The van der Waals surface area contributed by atoms with Crippen LogP contribution in [-0.4, -0.2) is 73.1 Å². The number of nitrogens with zero attached hydrogens (tertiary/aromatic N) is 6. The lowest BCUT2D eigenvalue weighted by Crippen LogP contribution is -2.59. The maximum absolute atomic E-state index is 15.5. The standard InChI is InChI=1S/C33H32ClF5N6O4S/c1-16-12-43(13-17(2)45(16)31(47)49-32(3,4)5)28-20-9-21(33(37,38)39)25(19-10-22(34)24(36)11-23(19)35)27-26(20)44(30(46)42-28)14-18(15-50-27)48-29-40-7-6-8-41-29/h6-11,16-18H,12-15H2,1-5H3/t16-,17+,18-/m0/s1. The fourth-order valence-electron chi connectivity index (χ4n) is 6.32. The summed E-state index contributed by atoms with van der Waals surface area (Å²) in [6.45, 7) is 8.82. The minimum atomic E-state index is -5.04. The molecule has 0 saturated carbocycles. The Morgan fingerprint density at radius 3 is 2.28 bits per heavy atom. The third-order valence-corrected chi connectivity index (χ3v) is 9.73. The molecular weight excluding hydrogens is 707 g/mol. The molecule has 2 aromatic heterocycles. The number of hydrogen-bond donors (Lipinski definition) is 0. The van der Waals surface area contributed by atoms with Crippen molar-refractivity contribution in [2.24, 2.45) is 0 Å². The van der Waals surface area contributed by atoms with E-state index in [1.54, 1.807) is 50.5 Å². The fourth-order valence-corrected chi connectivity index (χ4v) is 7.73. The molecular formula is C33H32ClF5N6O4S. The van der Waals surface area contributed by atoms with Crippen molar-refractivity contribution < 1.29 is 36.2 Å². The fraction of sp³-hybridized carbons (Fsp3) is 0.424. The van der Waals surface area contributed by atoms with Gasteiger partial charge in [0.15, 0.2) is 0 Å². The second kappa shape index (κ2) is 13.2. The molecule has 4 heterocycles. The number of aromatic nitrogens is 4. The van der Waals surface area contributed by atoms with E-state index in [-0.39, 0.29) is 53.0 Å². The number of halogens is 6. The van der Waals surface area contributed by atoms with Crippen LogP contribution in [0.2, 0.25) is 5.02 Å². The zero-order valence-corrected chi connectivity index (χ0v) is 29.1. The highest BCUT2D eigenvalue weighted by Gasteiger charge is 2.41. The molecule has 4 aromatic rings. The zero-order valence-electron chi connectivity index (χ0n) is 27.5. The molecule has 2 aliphatic rings. The first-order chi connectivity index (χ1) is 23.4. The Labute approximate surface area is 292 Å². The van der Waals surface area contributed by atoms with E-state index >= 15 is 17.6 Å². The van der Waals surface area contributed by atoms with Gasteiger partial charge in [0.25, 0.3) is 0 Å². The molecule has 3 atom stereocenters. The van der Waals surface area contributed by atoms with E-state index in [2.05, 4.69) is 15.0 Å². The number of alkyl halides is 3. The molecule has 1 fully saturated rings. The van der Waals surface area contributed by atoms with Crippen LogP contribution in [0.1, 0.15) is 40.2 Å². The van der Waals surface area contributed by atoms with Gasteiger partial charge in [-0.2, -0.15) is 18.2 Å². The topological polar surface area (TPSA) is 103 Å². The van der Waals surface area contributed by atoms with Gasteiger partial charge in [-0.25, -0.2) is 28.3 Å². The molecule has 0 N–H and O–H groups in total. The van der Waals surface area contributed by atoms with Gasteiger partial charge in [0, 0.05) is 58.7 Å². The number of piperazine rings is 1. The second-order valence-corrected chi connectivity index (χ2v) is 14.6. The highest BCUT2D eigenvalue weighted by molar-refractivity contribution is 7.99. The van der Waals surface area contributed by atoms with Gasteiger partial charge in [0.05, 0.1) is 34.7 Å². The zero-order chi connectivity index (χ0) is 36.3. The Morgan fingerprint density at radius 2 is 1.66 bits per heavy atom. The molecule has 17 heteroatoms. The van der Waals surface area contributed by atoms with E-state index in [0.717, 1.165) is 23.9 Å². The average molecular weight is 739 g/mol. The van der Waals surface area contributed by atoms with Gasteiger partial charge in [0.1, 0.15) is 29.2 Å². The van der Waals surface area contributed by atoms with Crippen molar-refractivity contribution in [2.75, 3.05) is 23.7 Å². The number of carbonyl (C=O) groups is 1. The van der Waals surface area contributed by atoms with Gasteiger partial charge in [-0.1, -0.05) is 11.6 Å². The maximum atomic E-state index is 15.5. The monoisotopic (exact) mass is 738 g/mol. The number of hydrogen-bond acceptors (Lipinski definition) is 9. The molecule has 0 unspecified atom stereocenters. The Hall–Kier alpha value is -4.18. The summed E-state index contributed by atoms with van der Waals surface area (Å²) in [6.07, 6.45) is -3.53. The molecule has 2 aliphatic heterocycles. The molecule has 50 heavy (non-hydrogen) atoms. The van der Waals surface area contributed by atoms with Gasteiger partial charge >= 0.3 is 24.0 Å². The summed E-state index contributed by atoms with van der Waals surface area (Å²) in [7, 11) is 0. The smallest absolute Gasteiger partial charge is 0.417 e. The van der Waals surface area contributed by atoms with Crippen LogP contribution in [0.4, 0.5) is 32.6 Å². The van der Waals surface area contributed by atoms with Crippen molar-refractivity contribution in [3.63, 3.8) is 0 Å². The highest BCUT2D eigenvalue weighted by Crippen LogP contribution is 2.49. The summed E-state index contributed by atoms with van der Waals surface area (Å²) in [5.74, 6) is -2.45. The normalized spacial score (nSPS) is 19.8. The van der Waals surface area contributed by atoms with Crippen LogP contribution in [0, 0.1) is 11.6 Å². The molecule has 10 nitrogen and oxygen atoms in total. The van der Waals surface area contributed by atoms with Crippen LogP contribution in [0.5, 0.6) is 6.01 Å². The van der Waals surface area contributed by atoms with E-state index in [1.807, 2.05) is 0 Å². The first-order valence-corrected chi connectivity index (χ1v) is 17.0. The Morgan fingerprint density at radius 1 is 1.00 bits per heavy atom. The molecule has 2 aromatic carbocycles. The van der Waals surface area contributed by atoms with Crippen LogP contribution in [0.15, 0.2) is 46.3 Å². The van der Waals surface area contributed by atoms with Crippen molar-refractivity contribution in [1.29, 1.82) is 0 Å². The van der Waals surface area contributed by atoms with Crippen LogP contribution < -0.4 is 15.3 Å². The van der Waals surface area contributed by atoms with E-state index < -0.39 is 75.1 Å². The summed E-state index contributed by atoms with van der Waals surface area (Å²) in [6, 6.07) is 2.64. The van der Waals surface area contributed by atoms with Gasteiger partial charge in [-0.15, -0.1) is 11.8 Å². The van der Waals surface area contributed by atoms with Crippen molar-refractivity contribution in [3.05, 3.63) is 69.4 Å². The Kier molecular flexibility index (Phi) is 9.39. The molecule has 0 aliphatic carbocycles. The summed E-state index contributed by atoms with van der Waals surface area (Å²) in [4.78, 5) is 42.6. The summed E-state index contributed by atoms with van der Waals surface area (Å²) >= 11 is 6.90. The van der Waals surface area contributed by atoms with Gasteiger partial charge in [-0.05, 0) is 52.8 Å². The molecule has 0 radical (unpaired) electrons. The van der Waals surface area contributed by atoms with E-state index in [9.17, 15) is 14.0 Å². The van der Waals surface area contributed by atoms with Gasteiger partial charge in [0.2, 0.25) is 0 Å². The van der Waals surface area contributed by atoms with Crippen LogP contribution >= 0.6 is 23.4 Å². The summed E-state index contributed by atoms with van der Waals surface area (Å²) < 4.78 is 87.7. The van der Waals surface area contributed by atoms with E-state index in [1.165, 1.54) is 17.0 Å². The Bertz CT molecular complexity index is 2020. The number of ether oxygens (including phenoxy) is 2. The van der Waals surface area contributed by atoms with Crippen LogP contribution in [0.3, 0.4) is 0 Å². The van der Waals surface area contributed by atoms with Crippen molar-refractivity contribution in [3.8, 4) is 17.1 Å². The second-order valence-electron chi connectivity index (χ2n) is 13.2. The molecule has 1 saturated heterocycles. The number of anilines is 1.